The monoisotopic (exact) mass is 439 g/mol. The number of anilines is 2. The normalized spacial score (nSPS) is 10.8. The number of hydrogen-bond donors (Lipinski definition) is 2. The van der Waals surface area contributed by atoms with Gasteiger partial charge in [0.2, 0.25) is 0 Å². The number of aryl methyl sites for hydroxylation is 1. The summed E-state index contributed by atoms with van der Waals surface area (Å²) in [5, 5.41) is 9.88. The van der Waals surface area contributed by atoms with Gasteiger partial charge in [0.15, 0.2) is 5.65 Å². The molecule has 2 N–H and O–H groups in total. The van der Waals surface area contributed by atoms with Gasteiger partial charge >= 0.3 is 6.03 Å². The SMILES string of the molecule is Cc1cc(-c2nc3cccnn3c2-c2ccnc(NC(=O)Nc3cccnc3)c2)ccc1F. The van der Waals surface area contributed by atoms with E-state index < -0.39 is 6.03 Å². The fourth-order valence-electron chi connectivity index (χ4n) is 3.50. The van der Waals surface area contributed by atoms with Gasteiger partial charge in [-0.2, -0.15) is 5.10 Å². The number of hydrogen-bond acceptors (Lipinski definition) is 5. The van der Waals surface area contributed by atoms with Crippen LogP contribution in [-0.2, 0) is 0 Å². The molecule has 2 amide bonds. The van der Waals surface area contributed by atoms with E-state index in [2.05, 4.69) is 25.7 Å². The number of pyridine rings is 2. The molecule has 0 saturated carbocycles. The van der Waals surface area contributed by atoms with Gasteiger partial charge in [0.05, 0.1) is 17.6 Å². The van der Waals surface area contributed by atoms with Crippen LogP contribution in [0.25, 0.3) is 28.2 Å². The summed E-state index contributed by atoms with van der Waals surface area (Å²) in [6.07, 6.45) is 6.43. The molecule has 33 heavy (non-hydrogen) atoms. The highest BCUT2D eigenvalue weighted by molar-refractivity contribution is 5.99. The van der Waals surface area contributed by atoms with Gasteiger partial charge in [-0.3, -0.25) is 10.3 Å². The average molecular weight is 439 g/mol. The number of carbonyl (C=O) groups excluding carboxylic acids is 1. The molecule has 162 valence electrons. The summed E-state index contributed by atoms with van der Waals surface area (Å²) in [7, 11) is 0. The van der Waals surface area contributed by atoms with E-state index in [0.717, 1.165) is 11.1 Å². The molecular weight excluding hydrogens is 421 g/mol. The highest BCUT2D eigenvalue weighted by atomic mass is 19.1. The van der Waals surface area contributed by atoms with Crippen molar-refractivity contribution in [1.29, 1.82) is 0 Å². The Balaban J connectivity index is 1.54. The molecule has 0 aliphatic rings. The lowest BCUT2D eigenvalue weighted by Crippen LogP contribution is -2.20. The maximum atomic E-state index is 13.9. The number of carbonyl (C=O) groups is 1. The van der Waals surface area contributed by atoms with Crippen LogP contribution in [0, 0.1) is 12.7 Å². The summed E-state index contributed by atoms with van der Waals surface area (Å²) in [4.78, 5) is 25.3. The van der Waals surface area contributed by atoms with Gasteiger partial charge in [-0.05, 0) is 67.1 Å². The third kappa shape index (κ3) is 4.11. The van der Waals surface area contributed by atoms with E-state index in [1.807, 2.05) is 12.1 Å². The molecule has 0 spiro atoms. The number of benzene rings is 1. The van der Waals surface area contributed by atoms with Crippen molar-refractivity contribution in [3.05, 3.63) is 90.8 Å². The Labute approximate surface area is 188 Å². The molecule has 4 heterocycles. The zero-order valence-electron chi connectivity index (χ0n) is 17.5. The third-order valence-corrected chi connectivity index (χ3v) is 5.02. The van der Waals surface area contributed by atoms with Crippen molar-refractivity contribution >= 4 is 23.2 Å². The molecule has 0 atom stereocenters. The molecule has 0 radical (unpaired) electrons. The number of urea groups is 1. The van der Waals surface area contributed by atoms with Crippen molar-refractivity contribution in [2.24, 2.45) is 0 Å². The second-order valence-corrected chi connectivity index (χ2v) is 7.32. The fraction of sp³-hybridized carbons (Fsp3) is 0.0417. The molecule has 0 bridgehead atoms. The third-order valence-electron chi connectivity index (χ3n) is 5.02. The Kier molecular flexibility index (Phi) is 5.19. The van der Waals surface area contributed by atoms with Gasteiger partial charge in [-0.25, -0.2) is 23.7 Å². The molecule has 4 aromatic heterocycles. The summed E-state index contributed by atoms with van der Waals surface area (Å²) in [5.41, 5.74) is 4.58. The maximum Gasteiger partial charge on any atom is 0.324 e. The molecule has 8 nitrogen and oxygen atoms in total. The van der Waals surface area contributed by atoms with Crippen LogP contribution in [-0.4, -0.2) is 30.6 Å². The Morgan fingerprint density at radius 1 is 0.970 bits per heavy atom. The average Bonchev–Trinajstić information content (AvgIpc) is 3.21. The summed E-state index contributed by atoms with van der Waals surface area (Å²) in [6.45, 7) is 1.71. The molecule has 5 aromatic rings. The number of fused-ring (bicyclic) bond motifs is 1. The number of nitrogens with zero attached hydrogens (tertiary/aromatic N) is 5. The van der Waals surface area contributed by atoms with Crippen LogP contribution in [0.4, 0.5) is 20.7 Å². The zero-order chi connectivity index (χ0) is 22.8. The minimum absolute atomic E-state index is 0.280. The zero-order valence-corrected chi connectivity index (χ0v) is 17.5. The lowest BCUT2D eigenvalue weighted by Gasteiger charge is -2.09. The number of imidazole rings is 1. The van der Waals surface area contributed by atoms with Crippen molar-refractivity contribution in [3.8, 4) is 22.5 Å². The van der Waals surface area contributed by atoms with Crippen molar-refractivity contribution in [3.63, 3.8) is 0 Å². The second kappa shape index (κ2) is 8.46. The van der Waals surface area contributed by atoms with Crippen LogP contribution in [0.1, 0.15) is 5.56 Å². The Bertz CT molecular complexity index is 1470. The number of aromatic nitrogens is 5. The van der Waals surface area contributed by atoms with Gasteiger partial charge in [0.25, 0.3) is 0 Å². The van der Waals surface area contributed by atoms with Gasteiger partial charge in [-0.15, -0.1) is 0 Å². The van der Waals surface area contributed by atoms with Crippen molar-refractivity contribution in [1.82, 2.24) is 24.6 Å². The largest absolute Gasteiger partial charge is 0.324 e. The topological polar surface area (TPSA) is 97.1 Å². The predicted molar refractivity (Wildman–Crippen MR) is 123 cm³/mol. The van der Waals surface area contributed by atoms with Gasteiger partial charge in [-0.1, -0.05) is 0 Å². The van der Waals surface area contributed by atoms with E-state index in [1.165, 1.54) is 6.07 Å². The molecular formula is C24H18FN7O. The highest BCUT2D eigenvalue weighted by Gasteiger charge is 2.18. The minimum atomic E-state index is -0.446. The highest BCUT2D eigenvalue weighted by Crippen LogP contribution is 2.33. The summed E-state index contributed by atoms with van der Waals surface area (Å²) < 4.78 is 15.6. The standard InChI is InChI=1S/C24H18FN7O/c1-15-12-16(6-7-19(15)25)22-23(32-21(31-22)5-3-10-28-32)17-8-11-27-20(13-17)30-24(33)29-18-4-2-9-26-14-18/h2-14H,1H3,(H2,27,29,30,33). The predicted octanol–water partition coefficient (Wildman–Crippen LogP) is 4.94. The first kappa shape index (κ1) is 20.3. The van der Waals surface area contributed by atoms with E-state index in [1.54, 1.807) is 72.6 Å². The van der Waals surface area contributed by atoms with Crippen molar-refractivity contribution in [2.45, 2.75) is 6.92 Å². The summed E-state index contributed by atoms with van der Waals surface area (Å²) in [6, 6.07) is 15.1. The van der Waals surface area contributed by atoms with Crippen LogP contribution in [0.3, 0.4) is 0 Å². The van der Waals surface area contributed by atoms with E-state index in [4.69, 9.17) is 4.98 Å². The molecule has 0 fully saturated rings. The van der Waals surface area contributed by atoms with Crippen LogP contribution in [0.15, 0.2) is 79.4 Å². The summed E-state index contributed by atoms with van der Waals surface area (Å²) in [5.74, 6) is 0.0678. The van der Waals surface area contributed by atoms with Crippen LogP contribution in [0.2, 0.25) is 0 Å². The molecule has 0 aliphatic carbocycles. The van der Waals surface area contributed by atoms with Crippen LogP contribution < -0.4 is 10.6 Å². The lowest BCUT2D eigenvalue weighted by atomic mass is 10.0. The smallest absolute Gasteiger partial charge is 0.306 e. The first-order chi connectivity index (χ1) is 16.1. The van der Waals surface area contributed by atoms with Crippen molar-refractivity contribution in [2.75, 3.05) is 10.6 Å². The fourth-order valence-corrected chi connectivity index (χ4v) is 3.50. The van der Waals surface area contributed by atoms with E-state index >= 15 is 0 Å². The quantitative estimate of drug-likeness (QED) is 0.413. The minimum Gasteiger partial charge on any atom is -0.306 e. The van der Waals surface area contributed by atoms with Gasteiger partial charge in [0, 0.05) is 29.7 Å². The first-order valence-corrected chi connectivity index (χ1v) is 10.1. The molecule has 5 rings (SSSR count). The Morgan fingerprint density at radius 2 is 1.85 bits per heavy atom. The first-order valence-electron chi connectivity index (χ1n) is 10.1. The van der Waals surface area contributed by atoms with E-state index in [-0.39, 0.29) is 5.82 Å². The van der Waals surface area contributed by atoms with Gasteiger partial charge < -0.3 is 5.32 Å². The van der Waals surface area contributed by atoms with Gasteiger partial charge in [0.1, 0.15) is 17.3 Å². The number of nitrogens with one attached hydrogen (secondary N) is 2. The number of halogens is 1. The summed E-state index contributed by atoms with van der Waals surface area (Å²) >= 11 is 0. The van der Waals surface area contributed by atoms with Crippen molar-refractivity contribution < 1.29 is 9.18 Å². The van der Waals surface area contributed by atoms with E-state index in [0.29, 0.717) is 34.1 Å². The molecule has 0 unspecified atom stereocenters. The Hall–Kier alpha value is -4.66. The van der Waals surface area contributed by atoms with Crippen LogP contribution in [0.5, 0.6) is 0 Å². The Morgan fingerprint density at radius 3 is 2.67 bits per heavy atom. The second-order valence-electron chi connectivity index (χ2n) is 7.32. The number of amides is 2. The molecule has 0 aliphatic heterocycles. The lowest BCUT2D eigenvalue weighted by molar-refractivity contribution is 0.262. The maximum absolute atomic E-state index is 13.9. The van der Waals surface area contributed by atoms with E-state index in [9.17, 15) is 9.18 Å². The molecule has 0 saturated heterocycles. The molecule has 9 heteroatoms. The molecule has 1 aromatic carbocycles. The van der Waals surface area contributed by atoms with Crippen LogP contribution >= 0.6 is 0 Å². The number of rotatable bonds is 4.